The SMILES string of the molecule is CNC1CCN(c2cnc3ccc(-c4cn[nH]c4-c4ccc(F)c(C)n4)nc3c2)CC1. The van der Waals surface area contributed by atoms with Crippen molar-refractivity contribution in [2.24, 2.45) is 0 Å². The van der Waals surface area contributed by atoms with Crippen molar-refractivity contribution in [3.05, 3.63) is 54.2 Å². The van der Waals surface area contributed by atoms with Crippen molar-refractivity contribution < 1.29 is 4.39 Å². The van der Waals surface area contributed by atoms with Crippen LogP contribution in [0.5, 0.6) is 0 Å². The first kappa shape index (κ1) is 19.6. The summed E-state index contributed by atoms with van der Waals surface area (Å²) in [5, 5.41) is 10.5. The highest BCUT2D eigenvalue weighted by Crippen LogP contribution is 2.30. The predicted molar refractivity (Wildman–Crippen MR) is 119 cm³/mol. The fraction of sp³-hybridized carbons (Fsp3) is 0.304. The van der Waals surface area contributed by atoms with E-state index >= 15 is 0 Å². The summed E-state index contributed by atoms with van der Waals surface area (Å²) in [6.07, 6.45) is 5.89. The van der Waals surface area contributed by atoms with Crippen LogP contribution >= 0.6 is 0 Å². The number of aromatic nitrogens is 5. The van der Waals surface area contributed by atoms with Gasteiger partial charge in [0.1, 0.15) is 5.82 Å². The van der Waals surface area contributed by atoms with Crippen LogP contribution in [0.1, 0.15) is 18.5 Å². The van der Waals surface area contributed by atoms with Crippen LogP contribution in [0.4, 0.5) is 10.1 Å². The van der Waals surface area contributed by atoms with Crippen molar-refractivity contribution in [3.8, 4) is 22.6 Å². The summed E-state index contributed by atoms with van der Waals surface area (Å²) in [6.45, 7) is 3.65. The molecule has 4 aromatic heterocycles. The molecule has 5 heterocycles. The number of rotatable bonds is 4. The molecule has 1 aliphatic rings. The van der Waals surface area contributed by atoms with E-state index in [2.05, 4.69) is 36.4 Å². The molecule has 7 nitrogen and oxygen atoms in total. The molecule has 1 saturated heterocycles. The minimum absolute atomic E-state index is 0.328. The predicted octanol–water partition coefficient (Wildman–Crippen LogP) is 3.72. The van der Waals surface area contributed by atoms with Crippen molar-refractivity contribution in [2.75, 3.05) is 25.0 Å². The van der Waals surface area contributed by atoms with Crippen molar-refractivity contribution in [2.45, 2.75) is 25.8 Å². The van der Waals surface area contributed by atoms with Crippen LogP contribution in [-0.2, 0) is 0 Å². The number of anilines is 1. The smallest absolute Gasteiger partial charge is 0.144 e. The maximum absolute atomic E-state index is 13.7. The molecule has 0 atom stereocenters. The molecule has 0 amide bonds. The summed E-state index contributed by atoms with van der Waals surface area (Å²) in [4.78, 5) is 16.2. The monoisotopic (exact) mass is 417 g/mol. The average molecular weight is 417 g/mol. The number of halogens is 1. The maximum Gasteiger partial charge on any atom is 0.144 e. The molecule has 1 fully saturated rings. The average Bonchev–Trinajstić information content (AvgIpc) is 3.30. The Morgan fingerprint density at radius 2 is 1.84 bits per heavy atom. The van der Waals surface area contributed by atoms with Crippen LogP contribution in [0.25, 0.3) is 33.7 Å². The van der Waals surface area contributed by atoms with Gasteiger partial charge in [0.25, 0.3) is 0 Å². The fourth-order valence-electron chi connectivity index (χ4n) is 4.10. The van der Waals surface area contributed by atoms with Gasteiger partial charge in [-0.25, -0.2) is 14.4 Å². The van der Waals surface area contributed by atoms with Crippen molar-refractivity contribution in [1.29, 1.82) is 0 Å². The fourth-order valence-corrected chi connectivity index (χ4v) is 4.10. The molecule has 0 spiro atoms. The molecule has 0 saturated carbocycles. The molecule has 1 aliphatic heterocycles. The highest BCUT2D eigenvalue weighted by atomic mass is 19.1. The Balaban J connectivity index is 1.49. The summed E-state index contributed by atoms with van der Waals surface area (Å²) < 4.78 is 13.7. The number of hydrogen-bond acceptors (Lipinski definition) is 6. The summed E-state index contributed by atoms with van der Waals surface area (Å²) in [7, 11) is 2.02. The summed E-state index contributed by atoms with van der Waals surface area (Å²) in [5.74, 6) is -0.328. The second-order valence-corrected chi connectivity index (χ2v) is 7.90. The third kappa shape index (κ3) is 3.74. The zero-order valence-corrected chi connectivity index (χ0v) is 17.6. The number of piperidine rings is 1. The second-order valence-electron chi connectivity index (χ2n) is 7.90. The number of fused-ring (bicyclic) bond motifs is 1. The van der Waals surface area contributed by atoms with Gasteiger partial charge in [-0.15, -0.1) is 0 Å². The Hall–Kier alpha value is -3.39. The number of pyridine rings is 3. The van der Waals surface area contributed by atoms with Gasteiger partial charge in [-0.3, -0.25) is 10.1 Å². The molecule has 4 aromatic rings. The van der Waals surface area contributed by atoms with Crippen LogP contribution in [0.3, 0.4) is 0 Å². The van der Waals surface area contributed by atoms with Crippen LogP contribution in [0, 0.1) is 12.7 Å². The van der Waals surface area contributed by atoms with E-state index in [1.807, 2.05) is 25.4 Å². The number of aromatic amines is 1. The van der Waals surface area contributed by atoms with Crippen LogP contribution in [0.15, 0.2) is 42.7 Å². The van der Waals surface area contributed by atoms with E-state index in [0.717, 1.165) is 53.9 Å². The van der Waals surface area contributed by atoms with Gasteiger partial charge in [-0.2, -0.15) is 5.10 Å². The molecule has 158 valence electrons. The standard InChI is InChI=1S/C23H24FN7/c1-14-18(24)3-4-21(28-14)23-17(13-27-30-23)19-5-6-20-22(29-19)11-16(12-26-20)31-9-7-15(25-2)8-10-31/h3-6,11-13,15,25H,7-10H2,1-2H3,(H,27,30). The summed E-state index contributed by atoms with van der Waals surface area (Å²) in [5.41, 5.74) is 6.06. The van der Waals surface area contributed by atoms with Gasteiger partial charge in [-0.05, 0) is 57.1 Å². The Morgan fingerprint density at radius 1 is 1.03 bits per heavy atom. The van der Waals surface area contributed by atoms with Gasteiger partial charge in [0.15, 0.2) is 0 Å². The first-order valence-corrected chi connectivity index (χ1v) is 10.5. The zero-order chi connectivity index (χ0) is 21.4. The Morgan fingerprint density at radius 3 is 2.61 bits per heavy atom. The molecule has 0 unspecified atom stereocenters. The normalized spacial score (nSPS) is 15.0. The van der Waals surface area contributed by atoms with E-state index in [1.165, 1.54) is 6.07 Å². The topological polar surface area (TPSA) is 82.6 Å². The van der Waals surface area contributed by atoms with E-state index in [-0.39, 0.29) is 5.82 Å². The quantitative estimate of drug-likeness (QED) is 0.527. The molecule has 0 aromatic carbocycles. The number of aryl methyl sites for hydroxylation is 1. The van der Waals surface area contributed by atoms with Crippen molar-refractivity contribution in [1.82, 2.24) is 30.5 Å². The molecule has 0 radical (unpaired) electrons. The lowest BCUT2D eigenvalue weighted by molar-refractivity contribution is 0.442. The third-order valence-electron chi connectivity index (χ3n) is 5.98. The van der Waals surface area contributed by atoms with Gasteiger partial charge < -0.3 is 10.2 Å². The minimum atomic E-state index is -0.328. The summed E-state index contributed by atoms with van der Waals surface area (Å²) >= 11 is 0. The summed E-state index contributed by atoms with van der Waals surface area (Å²) in [6, 6.07) is 9.65. The Labute approximate surface area is 179 Å². The van der Waals surface area contributed by atoms with E-state index in [4.69, 9.17) is 4.98 Å². The number of hydrogen-bond donors (Lipinski definition) is 2. The minimum Gasteiger partial charge on any atom is -0.370 e. The van der Waals surface area contributed by atoms with Crippen molar-refractivity contribution >= 4 is 16.7 Å². The highest BCUT2D eigenvalue weighted by Gasteiger charge is 2.19. The molecule has 31 heavy (non-hydrogen) atoms. The third-order valence-corrected chi connectivity index (χ3v) is 5.98. The highest BCUT2D eigenvalue weighted by molar-refractivity contribution is 5.84. The lowest BCUT2D eigenvalue weighted by Gasteiger charge is -2.33. The largest absolute Gasteiger partial charge is 0.370 e. The van der Waals surface area contributed by atoms with Crippen molar-refractivity contribution in [3.63, 3.8) is 0 Å². The van der Waals surface area contributed by atoms with E-state index in [1.54, 1.807) is 19.2 Å². The molecule has 2 N–H and O–H groups in total. The molecule has 0 aliphatic carbocycles. The van der Waals surface area contributed by atoms with Gasteiger partial charge in [0.2, 0.25) is 0 Å². The van der Waals surface area contributed by atoms with Gasteiger partial charge >= 0.3 is 0 Å². The first-order chi connectivity index (χ1) is 15.1. The maximum atomic E-state index is 13.7. The number of nitrogens with zero attached hydrogens (tertiary/aromatic N) is 5. The second kappa shape index (κ2) is 8.03. The number of H-pyrrole nitrogens is 1. The van der Waals surface area contributed by atoms with Gasteiger partial charge in [-0.1, -0.05) is 0 Å². The Kier molecular flexibility index (Phi) is 5.07. The molecule has 0 bridgehead atoms. The molecular weight excluding hydrogens is 393 g/mol. The van der Waals surface area contributed by atoms with E-state index in [9.17, 15) is 4.39 Å². The number of nitrogens with one attached hydrogen (secondary N) is 2. The van der Waals surface area contributed by atoms with Crippen LogP contribution < -0.4 is 10.2 Å². The lowest BCUT2D eigenvalue weighted by atomic mass is 10.0. The molecule has 8 heteroatoms. The Bertz CT molecular complexity index is 1230. The van der Waals surface area contributed by atoms with E-state index in [0.29, 0.717) is 23.1 Å². The molecule has 5 rings (SSSR count). The zero-order valence-electron chi connectivity index (χ0n) is 17.6. The van der Waals surface area contributed by atoms with Gasteiger partial charge in [0.05, 0.1) is 51.9 Å². The molecular formula is C23H24FN7. The first-order valence-electron chi connectivity index (χ1n) is 10.5. The lowest BCUT2D eigenvalue weighted by Crippen LogP contribution is -2.41. The van der Waals surface area contributed by atoms with Crippen LogP contribution in [0.2, 0.25) is 0 Å². The van der Waals surface area contributed by atoms with Gasteiger partial charge in [0, 0.05) is 24.7 Å². The van der Waals surface area contributed by atoms with Crippen LogP contribution in [-0.4, -0.2) is 51.3 Å². The van der Waals surface area contributed by atoms with E-state index < -0.39 is 0 Å².